The van der Waals surface area contributed by atoms with E-state index in [0.29, 0.717) is 0 Å². The van der Waals surface area contributed by atoms with Gasteiger partial charge in [0, 0.05) is 17.7 Å². The molecule has 0 bridgehead atoms. The standard InChI is InChI=1S/C21H20O12/c1-30-13-3-7(2-10(24)16(13)26)12-4-8(22)15-9(23)5-14(18(28)20(15)32-12)33-21-19(29)17(27)11(25)6-31-21/h2-5,11,17,19,21,23-29H,6H2,1H3/t11-,17+,19-,21+/m1/s1. The van der Waals surface area contributed by atoms with Crippen molar-refractivity contribution < 1.29 is 54.4 Å². The van der Waals surface area contributed by atoms with Crippen molar-refractivity contribution >= 4 is 11.0 Å². The van der Waals surface area contributed by atoms with Gasteiger partial charge in [-0.3, -0.25) is 4.79 Å². The topological polar surface area (TPSA) is 200 Å². The number of phenols is 4. The van der Waals surface area contributed by atoms with Crippen molar-refractivity contribution in [1.82, 2.24) is 0 Å². The number of benzene rings is 2. The molecule has 1 aliphatic rings. The molecule has 3 aromatic rings. The molecular formula is C21H20O12. The fourth-order valence-electron chi connectivity index (χ4n) is 3.41. The van der Waals surface area contributed by atoms with E-state index in [0.717, 1.165) is 18.2 Å². The summed E-state index contributed by atoms with van der Waals surface area (Å²) >= 11 is 0. The van der Waals surface area contributed by atoms with E-state index in [-0.39, 0.29) is 29.1 Å². The summed E-state index contributed by atoms with van der Waals surface area (Å²) in [4.78, 5) is 12.6. The zero-order valence-electron chi connectivity index (χ0n) is 17.0. The summed E-state index contributed by atoms with van der Waals surface area (Å²) in [6, 6.07) is 4.27. The van der Waals surface area contributed by atoms with E-state index in [9.17, 15) is 40.5 Å². The molecule has 0 spiro atoms. The van der Waals surface area contributed by atoms with Gasteiger partial charge in [0.05, 0.1) is 13.7 Å². The molecule has 12 nitrogen and oxygen atoms in total. The second kappa shape index (κ2) is 8.33. The Labute approximate surface area is 184 Å². The average molecular weight is 464 g/mol. The number of ether oxygens (including phenoxy) is 3. The molecule has 0 aliphatic carbocycles. The van der Waals surface area contributed by atoms with Crippen LogP contribution in [0.5, 0.6) is 34.5 Å². The van der Waals surface area contributed by atoms with E-state index in [1.807, 2.05) is 0 Å². The number of fused-ring (bicyclic) bond motifs is 1. The lowest BCUT2D eigenvalue weighted by molar-refractivity contribution is -0.242. The van der Waals surface area contributed by atoms with Crippen LogP contribution in [0.3, 0.4) is 0 Å². The minimum absolute atomic E-state index is 0.106. The van der Waals surface area contributed by atoms with E-state index in [4.69, 9.17) is 18.6 Å². The highest BCUT2D eigenvalue weighted by Gasteiger charge is 2.39. The predicted molar refractivity (Wildman–Crippen MR) is 110 cm³/mol. The molecule has 2 heterocycles. The van der Waals surface area contributed by atoms with E-state index < -0.39 is 64.4 Å². The molecule has 1 saturated heterocycles. The quantitative estimate of drug-likeness (QED) is 0.203. The van der Waals surface area contributed by atoms with Crippen molar-refractivity contribution in [2.45, 2.75) is 24.6 Å². The molecule has 4 atom stereocenters. The number of aliphatic hydroxyl groups is 3. The molecule has 0 radical (unpaired) electrons. The van der Waals surface area contributed by atoms with E-state index in [2.05, 4.69) is 0 Å². The smallest absolute Gasteiger partial charge is 0.229 e. The third kappa shape index (κ3) is 3.85. The molecule has 176 valence electrons. The van der Waals surface area contributed by atoms with Crippen molar-refractivity contribution in [3.8, 4) is 45.8 Å². The van der Waals surface area contributed by atoms with Crippen molar-refractivity contribution in [2.75, 3.05) is 13.7 Å². The number of hydrogen-bond acceptors (Lipinski definition) is 12. The average Bonchev–Trinajstić information content (AvgIpc) is 2.78. The van der Waals surface area contributed by atoms with Gasteiger partial charge in [-0.25, -0.2) is 0 Å². The van der Waals surface area contributed by atoms with Crippen LogP contribution in [0.2, 0.25) is 0 Å². The Morgan fingerprint density at radius 3 is 2.33 bits per heavy atom. The van der Waals surface area contributed by atoms with Gasteiger partial charge in [0.15, 0.2) is 28.3 Å². The molecule has 33 heavy (non-hydrogen) atoms. The molecule has 1 fully saturated rings. The molecule has 1 aliphatic heterocycles. The first-order chi connectivity index (χ1) is 15.6. The lowest BCUT2D eigenvalue weighted by Crippen LogP contribution is -2.54. The van der Waals surface area contributed by atoms with Gasteiger partial charge in [-0.2, -0.15) is 0 Å². The highest BCUT2D eigenvalue weighted by atomic mass is 16.7. The molecule has 1 aromatic heterocycles. The van der Waals surface area contributed by atoms with Gasteiger partial charge >= 0.3 is 0 Å². The van der Waals surface area contributed by atoms with Crippen molar-refractivity contribution in [3.63, 3.8) is 0 Å². The summed E-state index contributed by atoms with van der Waals surface area (Å²) in [5.74, 6) is -3.14. The minimum atomic E-state index is -1.68. The second-order valence-electron chi connectivity index (χ2n) is 7.34. The number of aromatic hydroxyl groups is 4. The Morgan fingerprint density at radius 1 is 0.909 bits per heavy atom. The van der Waals surface area contributed by atoms with Crippen molar-refractivity contribution in [3.05, 3.63) is 34.5 Å². The van der Waals surface area contributed by atoms with E-state index in [1.165, 1.54) is 13.2 Å². The summed E-state index contributed by atoms with van der Waals surface area (Å²) in [5, 5.41) is 69.7. The normalized spacial score (nSPS) is 22.9. The SMILES string of the molecule is COc1cc(-c2cc(=O)c3c(O)cc(O[C@@H]4OC[C@@H](O)[C@H](O)[C@H]4O)c(O)c3o2)cc(O)c1O. The van der Waals surface area contributed by atoms with Gasteiger partial charge in [0.25, 0.3) is 0 Å². The number of rotatable bonds is 4. The molecule has 0 amide bonds. The van der Waals surface area contributed by atoms with Crippen LogP contribution < -0.4 is 14.9 Å². The van der Waals surface area contributed by atoms with Crippen LogP contribution >= 0.6 is 0 Å². The Kier molecular flexibility index (Phi) is 5.68. The number of aliphatic hydroxyl groups excluding tert-OH is 3. The molecule has 0 unspecified atom stereocenters. The fraction of sp³-hybridized carbons (Fsp3) is 0.286. The van der Waals surface area contributed by atoms with Gasteiger partial charge in [0.2, 0.25) is 17.8 Å². The van der Waals surface area contributed by atoms with E-state index >= 15 is 0 Å². The first-order valence-corrected chi connectivity index (χ1v) is 9.58. The highest BCUT2D eigenvalue weighted by Crippen LogP contribution is 2.43. The summed E-state index contributed by atoms with van der Waals surface area (Å²) < 4.78 is 21.0. The zero-order chi connectivity index (χ0) is 24.0. The van der Waals surface area contributed by atoms with Gasteiger partial charge in [-0.05, 0) is 12.1 Å². The highest BCUT2D eigenvalue weighted by molar-refractivity contribution is 5.91. The Hall–Kier alpha value is -3.71. The number of phenolic OH excluding ortho intramolecular Hbond substituents is 4. The molecule has 2 aromatic carbocycles. The number of hydrogen-bond donors (Lipinski definition) is 7. The van der Waals surface area contributed by atoms with Crippen LogP contribution in [0, 0.1) is 0 Å². The second-order valence-corrected chi connectivity index (χ2v) is 7.34. The van der Waals surface area contributed by atoms with Crippen LogP contribution in [0.4, 0.5) is 0 Å². The maximum absolute atomic E-state index is 12.6. The molecule has 0 saturated carbocycles. The molecule has 4 rings (SSSR count). The molecule has 7 N–H and O–H groups in total. The third-order valence-corrected chi connectivity index (χ3v) is 5.18. The number of methoxy groups -OCH3 is 1. The first-order valence-electron chi connectivity index (χ1n) is 9.58. The first kappa shape index (κ1) is 22.5. The van der Waals surface area contributed by atoms with Gasteiger partial charge in [0.1, 0.15) is 35.2 Å². The lowest BCUT2D eigenvalue weighted by atomic mass is 10.1. The fourth-order valence-corrected chi connectivity index (χ4v) is 3.41. The van der Waals surface area contributed by atoms with Gasteiger partial charge < -0.3 is 54.4 Å². The Morgan fingerprint density at radius 2 is 1.64 bits per heavy atom. The van der Waals surface area contributed by atoms with Crippen LogP contribution in [0.15, 0.2) is 33.5 Å². The summed E-state index contributed by atoms with van der Waals surface area (Å²) in [6.45, 7) is -0.366. The van der Waals surface area contributed by atoms with E-state index in [1.54, 1.807) is 0 Å². The minimum Gasteiger partial charge on any atom is -0.507 e. The lowest BCUT2D eigenvalue weighted by Gasteiger charge is -2.35. The van der Waals surface area contributed by atoms with Crippen LogP contribution in [0.25, 0.3) is 22.3 Å². The van der Waals surface area contributed by atoms with Crippen molar-refractivity contribution in [2.24, 2.45) is 0 Å². The maximum atomic E-state index is 12.6. The summed E-state index contributed by atoms with van der Waals surface area (Å²) in [5.41, 5.74) is -1.12. The van der Waals surface area contributed by atoms with Crippen LogP contribution in [-0.2, 0) is 4.74 Å². The monoisotopic (exact) mass is 464 g/mol. The van der Waals surface area contributed by atoms with Crippen LogP contribution in [-0.4, -0.2) is 74.1 Å². The third-order valence-electron chi connectivity index (χ3n) is 5.18. The van der Waals surface area contributed by atoms with Gasteiger partial charge in [-0.15, -0.1) is 0 Å². The molecule has 12 heteroatoms. The maximum Gasteiger partial charge on any atom is 0.229 e. The zero-order valence-corrected chi connectivity index (χ0v) is 17.0. The Balaban J connectivity index is 1.81. The largest absolute Gasteiger partial charge is 0.507 e. The van der Waals surface area contributed by atoms with Crippen LogP contribution in [0.1, 0.15) is 0 Å². The Bertz CT molecular complexity index is 1270. The molecular weight excluding hydrogens is 444 g/mol. The predicted octanol–water partition coefficient (Wildman–Crippen LogP) is 0.109. The van der Waals surface area contributed by atoms with Crippen molar-refractivity contribution in [1.29, 1.82) is 0 Å². The van der Waals surface area contributed by atoms with Gasteiger partial charge in [-0.1, -0.05) is 0 Å². The summed E-state index contributed by atoms with van der Waals surface area (Å²) in [6.07, 6.45) is -6.13. The summed E-state index contributed by atoms with van der Waals surface area (Å²) in [7, 11) is 1.25.